The van der Waals surface area contributed by atoms with Crippen molar-refractivity contribution in [2.45, 2.75) is 24.8 Å². The zero-order chi connectivity index (χ0) is 18.0. The molecule has 3 rings (SSSR count). The molecule has 0 spiro atoms. The van der Waals surface area contributed by atoms with E-state index in [2.05, 4.69) is 6.07 Å². The van der Waals surface area contributed by atoms with Crippen LogP contribution in [0.25, 0.3) is 0 Å². The van der Waals surface area contributed by atoms with Crippen LogP contribution in [0.5, 0.6) is 11.5 Å². The number of rotatable bonds is 4. The summed E-state index contributed by atoms with van der Waals surface area (Å²) in [6.07, 6.45) is 2.85. The Morgan fingerprint density at radius 2 is 1.76 bits per heavy atom. The van der Waals surface area contributed by atoms with E-state index in [0.717, 1.165) is 33.8 Å². The molecule has 5 heteroatoms. The van der Waals surface area contributed by atoms with Gasteiger partial charge in [-0.2, -0.15) is 0 Å². The maximum absolute atomic E-state index is 13.0. The quantitative estimate of drug-likeness (QED) is 0.777. The monoisotopic (exact) mass is 357 g/mol. The molecule has 0 aromatic heterocycles. The molecular weight excluding hydrogens is 334 g/mol. The van der Waals surface area contributed by atoms with Crippen LogP contribution >= 0.6 is 11.8 Å². The lowest BCUT2D eigenvalue weighted by atomic mass is 9.97. The highest BCUT2D eigenvalue weighted by Gasteiger charge is 2.24. The maximum atomic E-state index is 13.0. The zero-order valence-corrected chi connectivity index (χ0v) is 15.9. The Morgan fingerprint density at radius 3 is 2.40 bits per heavy atom. The number of aryl methyl sites for hydroxylation is 1. The average molecular weight is 357 g/mol. The van der Waals surface area contributed by atoms with E-state index in [4.69, 9.17) is 9.47 Å². The summed E-state index contributed by atoms with van der Waals surface area (Å²) in [4.78, 5) is 16.1. The molecule has 0 saturated carbocycles. The lowest BCUT2D eigenvalue weighted by Gasteiger charge is -2.30. The van der Waals surface area contributed by atoms with Gasteiger partial charge in [-0.15, -0.1) is 11.8 Å². The highest BCUT2D eigenvalue weighted by Crippen LogP contribution is 2.33. The lowest BCUT2D eigenvalue weighted by Crippen LogP contribution is -2.36. The topological polar surface area (TPSA) is 38.8 Å². The van der Waals surface area contributed by atoms with E-state index in [-0.39, 0.29) is 5.91 Å². The molecule has 0 aliphatic carbocycles. The van der Waals surface area contributed by atoms with Crippen molar-refractivity contribution in [2.24, 2.45) is 0 Å². The van der Waals surface area contributed by atoms with Crippen molar-refractivity contribution >= 4 is 17.7 Å². The zero-order valence-electron chi connectivity index (χ0n) is 15.1. The number of hydrogen-bond donors (Lipinski definition) is 0. The molecule has 1 aliphatic heterocycles. The first kappa shape index (κ1) is 17.7. The van der Waals surface area contributed by atoms with Gasteiger partial charge in [-0.3, -0.25) is 4.79 Å². The molecule has 25 heavy (non-hydrogen) atoms. The molecule has 132 valence electrons. The summed E-state index contributed by atoms with van der Waals surface area (Å²) in [5, 5.41) is 0. The standard InChI is InChI=1S/C20H23NO3S/c1-13-5-6-16(25-4)11-17(13)20(22)21-8-7-14-9-18(23-2)19(24-3)10-15(14)12-21/h5-6,9-11H,7-8,12H2,1-4H3. The number of carbonyl (C=O) groups excluding carboxylic acids is 1. The highest BCUT2D eigenvalue weighted by atomic mass is 32.2. The first-order valence-corrected chi connectivity index (χ1v) is 9.47. The Hall–Kier alpha value is -2.14. The van der Waals surface area contributed by atoms with E-state index in [9.17, 15) is 4.79 Å². The molecule has 0 N–H and O–H groups in total. The molecule has 1 aliphatic rings. The Balaban J connectivity index is 1.88. The highest BCUT2D eigenvalue weighted by molar-refractivity contribution is 7.98. The Kier molecular flexibility index (Phi) is 5.23. The van der Waals surface area contributed by atoms with Gasteiger partial charge in [0.05, 0.1) is 14.2 Å². The molecule has 2 aromatic carbocycles. The van der Waals surface area contributed by atoms with Crippen LogP contribution in [-0.4, -0.2) is 37.8 Å². The third-order valence-corrected chi connectivity index (χ3v) is 5.41. The Bertz CT molecular complexity index is 804. The summed E-state index contributed by atoms with van der Waals surface area (Å²) in [6.45, 7) is 3.30. The third kappa shape index (κ3) is 3.47. The molecule has 1 amide bonds. The summed E-state index contributed by atoms with van der Waals surface area (Å²) >= 11 is 1.65. The van der Waals surface area contributed by atoms with Crippen molar-refractivity contribution in [2.75, 3.05) is 27.0 Å². The van der Waals surface area contributed by atoms with Crippen molar-refractivity contribution in [1.29, 1.82) is 0 Å². The molecule has 0 fully saturated rings. The fourth-order valence-electron chi connectivity index (χ4n) is 3.19. The Morgan fingerprint density at radius 1 is 1.08 bits per heavy atom. The second-order valence-corrected chi connectivity index (χ2v) is 7.01. The van der Waals surface area contributed by atoms with Crippen molar-refractivity contribution in [3.63, 3.8) is 0 Å². The predicted octanol–water partition coefficient (Wildman–Crippen LogP) is 3.93. The summed E-state index contributed by atoms with van der Waals surface area (Å²) in [7, 11) is 3.28. The summed E-state index contributed by atoms with van der Waals surface area (Å²) in [5.74, 6) is 1.54. The van der Waals surface area contributed by atoms with Crippen LogP contribution in [0.4, 0.5) is 0 Å². The number of fused-ring (bicyclic) bond motifs is 1. The van der Waals surface area contributed by atoms with E-state index in [1.165, 1.54) is 5.56 Å². The van der Waals surface area contributed by atoms with Crippen LogP contribution < -0.4 is 9.47 Å². The number of nitrogens with zero attached hydrogens (tertiary/aromatic N) is 1. The van der Waals surface area contributed by atoms with E-state index in [1.54, 1.807) is 26.0 Å². The third-order valence-electron chi connectivity index (χ3n) is 4.68. The molecule has 1 heterocycles. The van der Waals surface area contributed by atoms with Gasteiger partial charge >= 0.3 is 0 Å². The minimum atomic E-state index is 0.0915. The fourth-order valence-corrected chi connectivity index (χ4v) is 3.63. The van der Waals surface area contributed by atoms with Gasteiger partial charge in [-0.1, -0.05) is 6.07 Å². The van der Waals surface area contributed by atoms with Crippen LogP contribution in [0.1, 0.15) is 27.0 Å². The normalized spacial score (nSPS) is 13.4. The van der Waals surface area contributed by atoms with E-state index < -0.39 is 0 Å². The van der Waals surface area contributed by atoms with Crippen LogP contribution in [0.3, 0.4) is 0 Å². The SMILES string of the molecule is COc1cc2c(cc1OC)CN(C(=O)c1cc(SC)ccc1C)CC2. The van der Waals surface area contributed by atoms with Crippen LogP contribution in [-0.2, 0) is 13.0 Å². The number of ether oxygens (including phenoxy) is 2. The van der Waals surface area contributed by atoms with E-state index in [0.29, 0.717) is 18.8 Å². The minimum Gasteiger partial charge on any atom is -0.493 e. The number of benzene rings is 2. The number of carbonyl (C=O) groups is 1. The predicted molar refractivity (Wildman–Crippen MR) is 101 cm³/mol. The van der Waals surface area contributed by atoms with Crippen molar-refractivity contribution in [3.05, 3.63) is 52.6 Å². The maximum Gasteiger partial charge on any atom is 0.254 e. The van der Waals surface area contributed by atoms with Gasteiger partial charge in [-0.05, 0) is 60.6 Å². The average Bonchev–Trinajstić information content (AvgIpc) is 2.66. The summed E-state index contributed by atoms with van der Waals surface area (Å²) in [6, 6.07) is 10.1. The first-order chi connectivity index (χ1) is 12.1. The van der Waals surface area contributed by atoms with Gasteiger partial charge in [0, 0.05) is 23.5 Å². The smallest absolute Gasteiger partial charge is 0.254 e. The molecule has 0 saturated heterocycles. The first-order valence-electron chi connectivity index (χ1n) is 8.25. The second kappa shape index (κ2) is 7.40. The molecule has 0 radical (unpaired) electrons. The van der Waals surface area contributed by atoms with Gasteiger partial charge < -0.3 is 14.4 Å². The molecule has 4 nitrogen and oxygen atoms in total. The lowest BCUT2D eigenvalue weighted by molar-refractivity contribution is 0.0733. The Labute approximate surface area is 153 Å². The number of amides is 1. The van der Waals surface area contributed by atoms with Gasteiger partial charge in [0.1, 0.15) is 0 Å². The largest absolute Gasteiger partial charge is 0.493 e. The van der Waals surface area contributed by atoms with E-state index in [1.807, 2.05) is 42.3 Å². The van der Waals surface area contributed by atoms with Crippen molar-refractivity contribution in [3.8, 4) is 11.5 Å². The summed E-state index contributed by atoms with van der Waals surface area (Å²) < 4.78 is 10.8. The minimum absolute atomic E-state index is 0.0915. The van der Waals surface area contributed by atoms with Gasteiger partial charge in [-0.25, -0.2) is 0 Å². The molecule has 0 bridgehead atoms. The van der Waals surface area contributed by atoms with Gasteiger partial charge in [0.25, 0.3) is 5.91 Å². The number of hydrogen-bond acceptors (Lipinski definition) is 4. The molecular formula is C20H23NO3S. The number of thioether (sulfide) groups is 1. The van der Waals surface area contributed by atoms with Crippen LogP contribution in [0.2, 0.25) is 0 Å². The van der Waals surface area contributed by atoms with Crippen LogP contribution in [0.15, 0.2) is 35.2 Å². The fraction of sp³-hybridized carbons (Fsp3) is 0.350. The van der Waals surface area contributed by atoms with Gasteiger partial charge in [0.2, 0.25) is 0 Å². The second-order valence-electron chi connectivity index (χ2n) is 6.13. The van der Waals surface area contributed by atoms with Crippen molar-refractivity contribution in [1.82, 2.24) is 4.90 Å². The van der Waals surface area contributed by atoms with E-state index >= 15 is 0 Å². The molecule has 2 aromatic rings. The molecule has 0 atom stereocenters. The van der Waals surface area contributed by atoms with Crippen LogP contribution in [0, 0.1) is 6.92 Å². The molecule has 0 unspecified atom stereocenters. The van der Waals surface area contributed by atoms with Gasteiger partial charge in [0.15, 0.2) is 11.5 Å². The number of methoxy groups -OCH3 is 2. The van der Waals surface area contributed by atoms with Crippen molar-refractivity contribution < 1.29 is 14.3 Å². The summed E-state index contributed by atoms with van der Waals surface area (Å²) in [5.41, 5.74) is 4.14.